The first-order valence-electron chi connectivity index (χ1n) is 6.66. The molecule has 0 bridgehead atoms. The molecule has 0 saturated heterocycles. The lowest BCUT2D eigenvalue weighted by Gasteiger charge is -2.20. The highest BCUT2D eigenvalue weighted by Crippen LogP contribution is 2.51. The van der Waals surface area contributed by atoms with Crippen LogP contribution in [0.25, 0.3) is 0 Å². The molecule has 0 aromatic carbocycles. The molecule has 0 aliphatic heterocycles. The van der Waals surface area contributed by atoms with Crippen molar-refractivity contribution in [1.82, 2.24) is 15.1 Å². The number of ether oxygens (including phenoxy) is 1. The van der Waals surface area contributed by atoms with Gasteiger partial charge in [0.05, 0.1) is 12.8 Å². The Morgan fingerprint density at radius 3 is 2.67 bits per heavy atom. The van der Waals surface area contributed by atoms with Gasteiger partial charge in [0, 0.05) is 18.2 Å². The highest BCUT2D eigenvalue weighted by molar-refractivity contribution is 5.38. The summed E-state index contributed by atoms with van der Waals surface area (Å²) in [5, 5.41) is 8.04. The van der Waals surface area contributed by atoms with Crippen LogP contribution in [-0.2, 0) is 7.05 Å². The summed E-state index contributed by atoms with van der Waals surface area (Å²) < 4.78 is 7.32. The molecule has 4 nitrogen and oxygen atoms in total. The van der Waals surface area contributed by atoms with Crippen LogP contribution in [-0.4, -0.2) is 29.0 Å². The Hall–Kier alpha value is -1.03. The van der Waals surface area contributed by atoms with Crippen molar-refractivity contribution in [3.63, 3.8) is 0 Å². The van der Waals surface area contributed by atoms with E-state index >= 15 is 0 Å². The van der Waals surface area contributed by atoms with Crippen LogP contribution < -0.4 is 10.1 Å². The van der Waals surface area contributed by atoms with Crippen LogP contribution in [0.4, 0.5) is 0 Å². The third kappa shape index (κ3) is 2.69. The van der Waals surface area contributed by atoms with E-state index < -0.39 is 0 Å². The highest BCUT2D eigenvalue weighted by atomic mass is 16.5. The molecule has 1 fully saturated rings. The van der Waals surface area contributed by atoms with Crippen molar-refractivity contribution >= 4 is 0 Å². The second-order valence-corrected chi connectivity index (χ2v) is 6.37. The number of nitrogens with one attached hydrogen (secondary N) is 1. The van der Waals surface area contributed by atoms with Crippen LogP contribution in [0.5, 0.6) is 5.88 Å². The van der Waals surface area contributed by atoms with E-state index in [0.717, 1.165) is 24.0 Å². The molecule has 2 rings (SSSR count). The van der Waals surface area contributed by atoms with E-state index in [1.807, 2.05) is 11.7 Å². The Morgan fingerprint density at radius 1 is 1.44 bits per heavy atom. The molecule has 0 radical (unpaired) electrons. The van der Waals surface area contributed by atoms with Crippen molar-refractivity contribution in [2.24, 2.45) is 13.0 Å². The van der Waals surface area contributed by atoms with Gasteiger partial charge in [-0.25, -0.2) is 4.68 Å². The minimum atomic E-state index is 0.196. The Kier molecular flexibility index (Phi) is 3.41. The van der Waals surface area contributed by atoms with E-state index in [9.17, 15) is 0 Å². The van der Waals surface area contributed by atoms with E-state index in [0.29, 0.717) is 5.92 Å². The van der Waals surface area contributed by atoms with Crippen LogP contribution in [0.2, 0.25) is 0 Å². The maximum absolute atomic E-state index is 5.47. The van der Waals surface area contributed by atoms with Gasteiger partial charge in [-0.15, -0.1) is 0 Å². The van der Waals surface area contributed by atoms with Gasteiger partial charge in [0.25, 0.3) is 0 Å². The highest BCUT2D eigenvalue weighted by Gasteiger charge is 2.42. The van der Waals surface area contributed by atoms with Crippen LogP contribution in [0.1, 0.15) is 44.4 Å². The molecule has 1 aliphatic carbocycles. The summed E-state index contributed by atoms with van der Waals surface area (Å²) in [6.07, 6.45) is 1.24. The van der Waals surface area contributed by atoms with E-state index in [2.05, 4.69) is 38.1 Å². The summed E-state index contributed by atoms with van der Waals surface area (Å²) in [6.45, 7) is 9.77. The first kappa shape index (κ1) is 13.4. The molecule has 1 aliphatic rings. The van der Waals surface area contributed by atoms with Gasteiger partial charge in [0.1, 0.15) is 0 Å². The lowest BCUT2D eigenvalue weighted by atomic mass is 10.1. The Bertz CT molecular complexity index is 431. The molecular weight excluding hydrogens is 226 g/mol. The van der Waals surface area contributed by atoms with Crippen molar-refractivity contribution in [3.8, 4) is 5.88 Å². The number of aromatic nitrogens is 2. The fourth-order valence-corrected chi connectivity index (χ4v) is 2.59. The van der Waals surface area contributed by atoms with Gasteiger partial charge in [0.2, 0.25) is 5.88 Å². The lowest BCUT2D eigenvalue weighted by molar-refractivity contribution is 0.368. The van der Waals surface area contributed by atoms with Crippen molar-refractivity contribution < 1.29 is 4.74 Å². The van der Waals surface area contributed by atoms with Gasteiger partial charge in [0.15, 0.2) is 0 Å². The molecular formula is C14H25N3O. The third-order valence-electron chi connectivity index (χ3n) is 3.60. The minimum absolute atomic E-state index is 0.196. The molecule has 1 aromatic heterocycles. The molecule has 1 N–H and O–H groups in total. The normalized spacial score (nSPS) is 23.2. The van der Waals surface area contributed by atoms with E-state index in [1.165, 1.54) is 12.0 Å². The number of rotatable bonds is 4. The van der Waals surface area contributed by atoms with Crippen molar-refractivity contribution in [3.05, 3.63) is 11.3 Å². The Morgan fingerprint density at radius 2 is 2.11 bits per heavy atom. The molecule has 4 heteroatoms. The fraction of sp³-hybridized carbons (Fsp3) is 0.786. The van der Waals surface area contributed by atoms with Crippen molar-refractivity contribution in [1.29, 1.82) is 0 Å². The zero-order chi connectivity index (χ0) is 13.5. The average Bonchev–Trinajstić information content (AvgIpc) is 2.94. The van der Waals surface area contributed by atoms with E-state index in [-0.39, 0.29) is 5.54 Å². The smallest absolute Gasteiger partial charge is 0.215 e. The Balaban J connectivity index is 2.03. The predicted molar refractivity (Wildman–Crippen MR) is 73.1 cm³/mol. The largest absolute Gasteiger partial charge is 0.481 e. The molecule has 18 heavy (non-hydrogen) atoms. The molecule has 1 heterocycles. The van der Waals surface area contributed by atoms with Crippen LogP contribution in [0.15, 0.2) is 0 Å². The number of nitrogens with zero attached hydrogens (tertiary/aromatic N) is 2. The summed E-state index contributed by atoms with van der Waals surface area (Å²) in [7, 11) is 3.67. The molecule has 2 atom stereocenters. The van der Waals surface area contributed by atoms with Crippen molar-refractivity contribution in [2.45, 2.75) is 45.6 Å². The summed E-state index contributed by atoms with van der Waals surface area (Å²) >= 11 is 0. The van der Waals surface area contributed by atoms with Gasteiger partial charge < -0.3 is 10.1 Å². The number of hydrogen-bond donors (Lipinski definition) is 1. The quantitative estimate of drug-likeness (QED) is 0.892. The Labute approximate surface area is 110 Å². The average molecular weight is 251 g/mol. The monoisotopic (exact) mass is 251 g/mol. The molecule has 1 saturated carbocycles. The molecule has 1 aromatic rings. The third-order valence-corrected chi connectivity index (χ3v) is 3.60. The maximum atomic E-state index is 5.47. The second-order valence-electron chi connectivity index (χ2n) is 6.37. The first-order valence-corrected chi connectivity index (χ1v) is 6.66. The standard InChI is InChI=1S/C14H25N3O/c1-9-12(13(18-6)17(5)16-9)11-7-10(11)8-15-14(2,3)4/h10-11,15H,7-8H2,1-6H3. The molecule has 102 valence electrons. The topological polar surface area (TPSA) is 39.1 Å². The van der Waals surface area contributed by atoms with Crippen LogP contribution in [0.3, 0.4) is 0 Å². The zero-order valence-corrected chi connectivity index (χ0v) is 12.4. The van der Waals surface area contributed by atoms with E-state index in [1.54, 1.807) is 7.11 Å². The first-order chi connectivity index (χ1) is 8.33. The second kappa shape index (κ2) is 4.57. The van der Waals surface area contributed by atoms with Gasteiger partial charge >= 0.3 is 0 Å². The SMILES string of the molecule is COc1c(C2CC2CNC(C)(C)C)c(C)nn1C. The number of hydrogen-bond acceptors (Lipinski definition) is 3. The van der Waals surface area contributed by atoms with Gasteiger partial charge in [-0.1, -0.05) is 0 Å². The fourth-order valence-electron chi connectivity index (χ4n) is 2.59. The zero-order valence-electron chi connectivity index (χ0n) is 12.4. The summed E-state index contributed by atoms with van der Waals surface area (Å²) in [5.74, 6) is 2.26. The summed E-state index contributed by atoms with van der Waals surface area (Å²) in [5.41, 5.74) is 2.61. The molecule has 2 unspecified atom stereocenters. The van der Waals surface area contributed by atoms with E-state index in [4.69, 9.17) is 4.74 Å². The maximum Gasteiger partial charge on any atom is 0.215 e. The molecule has 0 amide bonds. The van der Waals surface area contributed by atoms with Gasteiger partial charge in [-0.2, -0.15) is 5.10 Å². The minimum Gasteiger partial charge on any atom is -0.481 e. The number of methoxy groups -OCH3 is 1. The summed E-state index contributed by atoms with van der Waals surface area (Å²) in [6, 6.07) is 0. The van der Waals surface area contributed by atoms with Gasteiger partial charge in [-0.3, -0.25) is 0 Å². The predicted octanol–water partition coefficient (Wildman–Crippen LogP) is 2.23. The molecule has 0 spiro atoms. The number of aryl methyl sites for hydroxylation is 2. The van der Waals surface area contributed by atoms with Crippen LogP contribution >= 0.6 is 0 Å². The lowest BCUT2D eigenvalue weighted by Crippen LogP contribution is -2.37. The van der Waals surface area contributed by atoms with Crippen LogP contribution in [0, 0.1) is 12.8 Å². The van der Waals surface area contributed by atoms with Gasteiger partial charge in [-0.05, 0) is 52.5 Å². The summed E-state index contributed by atoms with van der Waals surface area (Å²) in [4.78, 5) is 0. The van der Waals surface area contributed by atoms with Crippen molar-refractivity contribution in [2.75, 3.05) is 13.7 Å².